The van der Waals surface area contributed by atoms with Crippen molar-refractivity contribution in [1.82, 2.24) is 20.0 Å². The van der Waals surface area contributed by atoms with Gasteiger partial charge in [-0.15, -0.1) is 5.10 Å². The van der Waals surface area contributed by atoms with Crippen molar-refractivity contribution in [2.24, 2.45) is 0 Å². The quantitative estimate of drug-likeness (QED) is 0.733. The molecule has 0 bridgehead atoms. The van der Waals surface area contributed by atoms with Crippen molar-refractivity contribution in [2.75, 3.05) is 0 Å². The molecule has 0 radical (unpaired) electrons. The minimum Gasteiger partial charge on any atom is -0.478 e. The van der Waals surface area contributed by atoms with Gasteiger partial charge >= 0.3 is 5.97 Å². The summed E-state index contributed by atoms with van der Waals surface area (Å²) in [5.41, 5.74) is 0.756. The van der Waals surface area contributed by atoms with Crippen molar-refractivity contribution in [3.63, 3.8) is 0 Å². The van der Waals surface area contributed by atoms with Crippen molar-refractivity contribution in [3.05, 3.63) is 46.9 Å². The minimum absolute atomic E-state index is 0.253. The Morgan fingerprint density at radius 1 is 1.30 bits per heavy atom. The second kappa shape index (κ2) is 4.53. The molecule has 0 spiro atoms. The number of pyridine rings is 1. The van der Waals surface area contributed by atoms with Crippen molar-refractivity contribution in [1.29, 1.82) is 0 Å². The molecule has 6 nitrogen and oxygen atoms in total. The summed E-state index contributed by atoms with van der Waals surface area (Å²) in [4.78, 5) is 14.8. The molecule has 0 saturated heterocycles. The number of halogens is 2. The summed E-state index contributed by atoms with van der Waals surface area (Å²) in [6.07, 6.45) is 0. The van der Waals surface area contributed by atoms with Gasteiger partial charge < -0.3 is 5.11 Å². The van der Waals surface area contributed by atoms with Gasteiger partial charge in [-0.2, -0.15) is 4.68 Å². The van der Waals surface area contributed by atoms with Crippen LogP contribution in [0.3, 0.4) is 0 Å². The fourth-order valence-corrected chi connectivity index (χ4v) is 1.91. The topological polar surface area (TPSA) is 80.9 Å². The molecular formula is C12H6ClFN4O2. The minimum atomic E-state index is -1.33. The van der Waals surface area contributed by atoms with Gasteiger partial charge in [-0.1, -0.05) is 16.8 Å². The molecule has 0 unspecified atom stereocenters. The highest BCUT2D eigenvalue weighted by Gasteiger charge is 2.14. The predicted octanol–water partition coefficient (Wildman–Crippen LogP) is 2.31. The molecule has 0 atom stereocenters. The van der Waals surface area contributed by atoms with Crippen LogP contribution < -0.4 is 0 Å². The molecule has 1 N–H and O–H groups in total. The summed E-state index contributed by atoms with van der Waals surface area (Å²) in [6.45, 7) is 0. The first kappa shape index (κ1) is 12.5. The van der Waals surface area contributed by atoms with Gasteiger partial charge in [-0.3, -0.25) is 0 Å². The van der Waals surface area contributed by atoms with Gasteiger partial charge in [0.05, 0.1) is 11.3 Å². The summed E-state index contributed by atoms with van der Waals surface area (Å²) in [5, 5.41) is 16.8. The van der Waals surface area contributed by atoms with Crippen molar-refractivity contribution in [2.45, 2.75) is 0 Å². The largest absolute Gasteiger partial charge is 0.478 e. The van der Waals surface area contributed by atoms with E-state index in [0.717, 1.165) is 12.1 Å². The Morgan fingerprint density at radius 2 is 2.10 bits per heavy atom. The molecule has 0 aliphatic heterocycles. The molecule has 0 saturated carbocycles. The van der Waals surface area contributed by atoms with Crippen LogP contribution in [0.5, 0.6) is 0 Å². The van der Waals surface area contributed by atoms with E-state index >= 15 is 0 Å². The Balaban J connectivity index is 2.18. The van der Waals surface area contributed by atoms with Crippen LogP contribution in [0.2, 0.25) is 5.15 Å². The lowest BCUT2D eigenvalue weighted by atomic mass is 10.2. The fourth-order valence-electron chi connectivity index (χ4n) is 1.77. The molecule has 100 valence electrons. The van der Waals surface area contributed by atoms with Gasteiger partial charge in [-0.25, -0.2) is 14.2 Å². The van der Waals surface area contributed by atoms with E-state index in [0.29, 0.717) is 16.9 Å². The van der Waals surface area contributed by atoms with Gasteiger partial charge in [-0.05, 0) is 24.3 Å². The monoisotopic (exact) mass is 292 g/mol. The van der Waals surface area contributed by atoms with E-state index in [1.54, 1.807) is 12.1 Å². The molecule has 0 fully saturated rings. The predicted molar refractivity (Wildman–Crippen MR) is 68.6 cm³/mol. The molecule has 0 amide bonds. The number of carboxylic acids is 1. The number of aromatic nitrogens is 4. The van der Waals surface area contributed by atoms with Crippen LogP contribution in [0.25, 0.3) is 16.9 Å². The van der Waals surface area contributed by atoms with Crippen molar-refractivity contribution >= 4 is 28.7 Å². The van der Waals surface area contributed by atoms with E-state index < -0.39 is 17.3 Å². The first-order valence-corrected chi connectivity index (χ1v) is 5.85. The van der Waals surface area contributed by atoms with Gasteiger partial charge in [0.2, 0.25) is 0 Å². The van der Waals surface area contributed by atoms with E-state index in [1.807, 2.05) is 0 Å². The van der Waals surface area contributed by atoms with E-state index in [9.17, 15) is 9.18 Å². The number of rotatable bonds is 2. The Morgan fingerprint density at radius 3 is 2.80 bits per heavy atom. The summed E-state index contributed by atoms with van der Waals surface area (Å²) >= 11 is 5.80. The van der Waals surface area contributed by atoms with E-state index in [4.69, 9.17) is 16.7 Å². The summed E-state index contributed by atoms with van der Waals surface area (Å²) in [7, 11) is 0. The third-order valence-corrected chi connectivity index (χ3v) is 2.90. The molecule has 20 heavy (non-hydrogen) atoms. The third kappa shape index (κ3) is 1.97. The maximum atomic E-state index is 13.7. The van der Waals surface area contributed by atoms with Crippen LogP contribution in [0.15, 0.2) is 30.3 Å². The van der Waals surface area contributed by atoms with Crippen LogP contribution in [-0.2, 0) is 0 Å². The molecule has 1 aromatic carbocycles. The first-order valence-electron chi connectivity index (χ1n) is 5.47. The molecule has 8 heteroatoms. The summed E-state index contributed by atoms with van der Waals surface area (Å²) in [5.74, 6) is -2.20. The smallest absolute Gasteiger partial charge is 0.338 e. The lowest BCUT2D eigenvalue weighted by Crippen LogP contribution is -2.04. The van der Waals surface area contributed by atoms with E-state index in [-0.39, 0.29) is 5.15 Å². The number of carboxylic acid groups (broad SMARTS) is 1. The maximum absolute atomic E-state index is 13.7. The molecular weight excluding hydrogens is 287 g/mol. The van der Waals surface area contributed by atoms with Crippen molar-refractivity contribution in [3.8, 4) is 5.69 Å². The highest BCUT2D eigenvalue weighted by Crippen LogP contribution is 2.19. The average Bonchev–Trinajstić information content (AvgIpc) is 2.81. The summed E-state index contributed by atoms with van der Waals surface area (Å²) < 4.78 is 15.0. The number of carbonyl (C=O) groups is 1. The first-order chi connectivity index (χ1) is 9.56. The molecule has 2 heterocycles. The number of benzene rings is 1. The number of aromatic carboxylic acids is 1. The highest BCUT2D eigenvalue weighted by atomic mass is 35.5. The highest BCUT2D eigenvalue weighted by molar-refractivity contribution is 6.29. The molecule has 0 aliphatic rings. The summed E-state index contributed by atoms with van der Waals surface area (Å²) in [6, 6.07) is 6.83. The molecule has 3 aromatic rings. The Labute approximate surface area is 116 Å². The van der Waals surface area contributed by atoms with Crippen LogP contribution in [-0.4, -0.2) is 31.1 Å². The number of hydrogen-bond donors (Lipinski definition) is 1. The Kier molecular flexibility index (Phi) is 2.83. The van der Waals surface area contributed by atoms with Gasteiger partial charge in [0.15, 0.2) is 5.65 Å². The van der Waals surface area contributed by atoms with Gasteiger partial charge in [0.1, 0.15) is 16.5 Å². The third-order valence-electron chi connectivity index (χ3n) is 2.69. The van der Waals surface area contributed by atoms with Crippen LogP contribution in [0.1, 0.15) is 10.4 Å². The standard InChI is InChI=1S/C12H6ClFN4O2/c13-10-4-3-9-11(15-10)18(17-16-9)6-1-2-7(12(19)20)8(14)5-6/h1-5H,(H,19,20). The normalized spacial score (nSPS) is 10.9. The molecule has 0 aliphatic carbocycles. The zero-order valence-corrected chi connectivity index (χ0v) is 10.5. The number of nitrogens with zero attached hydrogens (tertiary/aromatic N) is 4. The van der Waals surface area contributed by atoms with Crippen LogP contribution in [0, 0.1) is 5.82 Å². The fraction of sp³-hybridized carbons (Fsp3) is 0. The average molecular weight is 293 g/mol. The number of hydrogen-bond acceptors (Lipinski definition) is 4. The lowest BCUT2D eigenvalue weighted by molar-refractivity contribution is 0.0692. The van der Waals surface area contributed by atoms with Crippen molar-refractivity contribution < 1.29 is 14.3 Å². The second-order valence-corrected chi connectivity index (χ2v) is 4.33. The lowest BCUT2D eigenvalue weighted by Gasteiger charge is -2.03. The Bertz CT molecular complexity index is 833. The maximum Gasteiger partial charge on any atom is 0.338 e. The van der Waals surface area contributed by atoms with E-state index in [1.165, 1.54) is 10.7 Å². The zero-order valence-electron chi connectivity index (χ0n) is 9.79. The second-order valence-electron chi connectivity index (χ2n) is 3.95. The number of fused-ring (bicyclic) bond motifs is 1. The molecule has 3 rings (SSSR count). The van der Waals surface area contributed by atoms with Gasteiger partial charge in [0, 0.05) is 6.07 Å². The Hall–Kier alpha value is -2.54. The van der Waals surface area contributed by atoms with Crippen LogP contribution >= 0.6 is 11.6 Å². The van der Waals surface area contributed by atoms with E-state index in [2.05, 4.69) is 15.3 Å². The van der Waals surface area contributed by atoms with Crippen LogP contribution in [0.4, 0.5) is 4.39 Å². The SMILES string of the molecule is O=C(O)c1ccc(-n2nnc3ccc(Cl)nc32)cc1F. The zero-order chi connectivity index (χ0) is 14.3. The molecule has 2 aromatic heterocycles. The van der Waals surface area contributed by atoms with Gasteiger partial charge in [0.25, 0.3) is 0 Å².